The minimum Gasteiger partial charge on any atom is -0.494 e. The van der Waals surface area contributed by atoms with E-state index < -0.39 is 0 Å². The van der Waals surface area contributed by atoms with Gasteiger partial charge in [0.1, 0.15) is 11.8 Å². The van der Waals surface area contributed by atoms with Gasteiger partial charge in [0, 0.05) is 6.54 Å². The van der Waals surface area contributed by atoms with Gasteiger partial charge in [-0.2, -0.15) is 0 Å². The topological polar surface area (TPSA) is 47.6 Å². The zero-order valence-electron chi connectivity index (χ0n) is 12.8. The molecule has 0 aliphatic heterocycles. The van der Waals surface area contributed by atoms with Gasteiger partial charge in [-0.1, -0.05) is 32.9 Å². The van der Waals surface area contributed by atoms with Crippen LogP contribution in [0.2, 0.25) is 0 Å². The van der Waals surface area contributed by atoms with E-state index in [9.17, 15) is 4.79 Å². The van der Waals surface area contributed by atoms with Crippen molar-refractivity contribution < 1.29 is 14.3 Å². The third-order valence-electron chi connectivity index (χ3n) is 3.02. The van der Waals surface area contributed by atoms with Crippen molar-refractivity contribution in [2.75, 3.05) is 13.7 Å². The summed E-state index contributed by atoms with van der Waals surface area (Å²) >= 11 is 0. The molecular formula is C16H25NO3. The third-order valence-corrected chi connectivity index (χ3v) is 3.02. The minimum absolute atomic E-state index is 0.182. The average Bonchev–Trinajstić information content (AvgIpc) is 2.45. The first-order valence-corrected chi connectivity index (χ1v) is 7.11. The van der Waals surface area contributed by atoms with Crippen LogP contribution in [0.3, 0.4) is 0 Å². The van der Waals surface area contributed by atoms with Crippen LogP contribution in [0.4, 0.5) is 0 Å². The smallest absolute Gasteiger partial charge is 0.323 e. The van der Waals surface area contributed by atoms with Crippen molar-refractivity contribution in [2.24, 2.45) is 5.92 Å². The highest BCUT2D eigenvalue weighted by Gasteiger charge is 2.21. The quantitative estimate of drug-likeness (QED) is 0.743. The fourth-order valence-corrected chi connectivity index (χ4v) is 1.91. The number of hydrogen-bond acceptors (Lipinski definition) is 4. The van der Waals surface area contributed by atoms with Crippen LogP contribution in [-0.2, 0) is 16.1 Å². The molecule has 0 heterocycles. The molecule has 1 atom stereocenters. The van der Waals surface area contributed by atoms with Crippen molar-refractivity contribution in [1.29, 1.82) is 0 Å². The van der Waals surface area contributed by atoms with E-state index in [0.717, 1.165) is 17.7 Å². The lowest BCUT2D eigenvalue weighted by molar-refractivity contribution is -0.144. The summed E-state index contributed by atoms with van der Waals surface area (Å²) in [5.41, 5.74) is 1.09. The van der Waals surface area contributed by atoms with Crippen LogP contribution >= 0.6 is 0 Å². The van der Waals surface area contributed by atoms with Gasteiger partial charge in [0.2, 0.25) is 0 Å². The normalized spacial score (nSPS) is 12.2. The summed E-state index contributed by atoms with van der Waals surface area (Å²) in [5.74, 6) is 0.825. The summed E-state index contributed by atoms with van der Waals surface area (Å²) in [5, 5.41) is 3.24. The van der Waals surface area contributed by atoms with Crippen LogP contribution in [0.5, 0.6) is 5.75 Å². The molecule has 4 nitrogen and oxygen atoms in total. The molecule has 1 N–H and O–H groups in total. The minimum atomic E-state index is -0.291. The standard InChI is InChI=1S/C16H25NO3/c1-5-9-20-14-8-6-7-13(10-14)11-17-15(12(2)3)16(18)19-4/h6-8,10,12,15,17H,5,9,11H2,1-4H3/t15-/m0/s1. The maximum absolute atomic E-state index is 11.7. The number of carbonyl (C=O) groups is 1. The molecular weight excluding hydrogens is 254 g/mol. The Morgan fingerprint density at radius 3 is 2.70 bits per heavy atom. The number of nitrogens with one attached hydrogen (secondary N) is 1. The predicted octanol–water partition coefficient (Wildman–Crippen LogP) is 2.76. The summed E-state index contributed by atoms with van der Waals surface area (Å²) in [4.78, 5) is 11.7. The van der Waals surface area contributed by atoms with E-state index >= 15 is 0 Å². The fraction of sp³-hybridized carbons (Fsp3) is 0.562. The summed E-state index contributed by atoms with van der Waals surface area (Å²) in [7, 11) is 1.42. The second-order valence-corrected chi connectivity index (χ2v) is 5.12. The molecule has 1 aromatic carbocycles. The largest absolute Gasteiger partial charge is 0.494 e. The van der Waals surface area contributed by atoms with E-state index in [2.05, 4.69) is 12.2 Å². The second-order valence-electron chi connectivity index (χ2n) is 5.12. The Morgan fingerprint density at radius 2 is 2.10 bits per heavy atom. The fourth-order valence-electron chi connectivity index (χ4n) is 1.91. The number of hydrogen-bond donors (Lipinski definition) is 1. The Kier molecular flexibility index (Phi) is 7.09. The van der Waals surface area contributed by atoms with Crippen LogP contribution in [0.15, 0.2) is 24.3 Å². The van der Waals surface area contributed by atoms with E-state index in [1.54, 1.807) is 0 Å². The molecule has 1 rings (SSSR count). The summed E-state index contributed by atoms with van der Waals surface area (Å²) < 4.78 is 10.4. The molecule has 112 valence electrons. The molecule has 1 aromatic rings. The van der Waals surface area contributed by atoms with E-state index in [1.807, 2.05) is 38.1 Å². The molecule has 0 unspecified atom stereocenters. The van der Waals surface area contributed by atoms with Gasteiger partial charge in [-0.25, -0.2) is 0 Å². The zero-order valence-corrected chi connectivity index (χ0v) is 12.8. The van der Waals surface area contributed by atoms with Crippen LogP contribution in [0, 0.1) is 5.92 Å². The van der Waals surface area contributed by atoms with Crippen molar-refractivity contribution in [1.82, 2.24) is 5.32 Å². The second kappa shape index (κ2) is 8.59. The molecule has 0 spiro atoms. The number of ether oxygens (including phenoxy) is 2. The van der Waals surface area contributed by atoms with Gasteiger partial charge in [0.15, 0.2) is 0 Å². The monoisotopic (exact) mass is 279 g/mol. The van der Waals surface area contributed by atoms with Gasteiger partial charge in [-0.3, -0.25) is 4.79 Å². The molecule has 0 aliphatic rings. The van der Waals surface area contributed by atoms with Crippen LogP contribution in [0.25, 0.3) is 0 Å². The summed E-state index contributed by atoms with van der Waals surface area (Å²) in [6.45, 7) is 7.40. The lowest BCUT2D eigenvalue weighted by Gasteiger charge is -2.20. The molecule has 0 fully saturated rings. The van der Waals surface area contributed by atoms with Gasteiger partial charge >= 0.3 is 5.97 Å². The van der Waals surface area contributed by atoms with Crippen LogP contribution < -0.4 is 10.1 Å². The first-order valence-electron chi connectivity index (χ1n) is 7.11. The Morgan fingerprint density at radius 1 is 1.35 bits per heavy atom. The zero-order chi connectivity index (χ0) is 15.0. The SMILES string of the molecule is CCCOc1cccc(CN[C@H](C(=O)OC)C(C)C)c1. The number of esters is 1. The van der Waals surface area contributed by atoms with Crippen molar-refractivity contribution in [3.8, 4) is 5.75 Å². The molecule has 0 saturated carbocycles. The maximum Gasteiger partial charge on any atom is 0.323 e. The van der Waals surface area contributed by atoms with E-state index in [-0.39, 0.29) is 17.9 Å². The Labute approximate surface area is 121 Å². The van der Waals surface area contributed by atoms with Crippen molar-refractivity contribution in [2.45, 2.75) is 39.8 Å². The van der Waals surface area contributed by atoms with Gasteiger partial charge in [0.05, 0.1) is 13.7 Å². The first-order chi connectivity index (χ1) is 9.58. The molecule has 4 heteroatoms. The Hall–Kier alpha value is -1.55. The number of rotatable bonds is 8. The van der Waals surface area contributed by atoms with Crippen molar-refractivity contribution >= 4 is 5.97 Å². The lowest BCUT2D eigenvalue weighted by Crippen LogP contribution is -2.41. The first kappa shape index (κ1) is 16.5. The number of benzene rings is 1. The maximum atomic E-state index is 11.7. The Balaban J connectivity index is 2.61. The van der Waals surface area contributed by atoms with Gasteiger partial charge in [-0.15, -0.1) is 0 Å². The van der Waals surface area contributed by atoms with Gasteiger partial charge in [-0.05, 0) is 30.0 Å². The van der Waals surface area contributed by atoms with Crippen molar-refractivity contribution in [3.63, 3.8) is 0 Å². The number of methoxy groups -OCH3 is 1. The lowest BCUT2D eigenvalue weighted by atomic mass is 10.0. The molecule has 0 radical (unpaired) electrons. The molecule has 0 saturated heterocycles. The number of carbonyl (C=O) groups excluding carboxylic acids is 1. The highest BCUT2D eigenvalue weighted by molar-refractivity contribution is 5.75. The van der Waals surface area contributed by atoms with Crippen molar-refractivity contribution in [3.05, 3.63) is 29.8 Å². The predicted molar refractivity (Wildman–Crippen MR) is 79.7 cm³/mol. The molecule has 0 amide bonds. The van der Waals surface area contributed by atoms with E-state index in [4.69, 9.17) is 9.47 Å². The van der Waals surface area contributed by atoms with Crippen LogP contribution in [-0.4, -0.2) is 25.7 Å². The third kappa shape index (κ3) is 5.21. The average molecular weight is 279 g/mol. The van der Waals surface area contributed by atoms with Gasteiger partial charge < -0.3 is 14.8 Å². The highest BCUT2D eigenvalue weighted by Crippen LogP contribution is 2.14. The van der Waals surface area contributed by atoms with Gasteiger partial charge in [0.25, 0.3) is 0 Å². The molecule has 0 aliphatic carbocycles. The summed E-state index contributed by atoms with van der Waals surface area (Å²) in [6, 6.07) is 7.63. The van der Waals surface area contributed by atoms with Crippen LogP contribution in [0.1, 0.15) is 32.8 Å². The Bertz CT molecular complexity index is 418. The summed E-state index contributed by atoms with van der Waals surface area (Å²) in [6.07, 6.45) is 0.986. The molecule has 20 heavy (non-hydrogen) atoms. The molecule has 0 aromatic heterocycles. The molecule has 0 bridgehead atoms. The van der Waals surface area contributed by atoms with E-state index in [0.29, 0.717) is 13.2 Å². The van der Waals surface area contributed by atoms with E-state index in [1.165, 1.54) is 7.11 Å². The highest BCUT2D eigenvalue weighted by atomic mass is 16.5.